The fourth-order valence-corrected chi connectivity index (χ4v) is 7.74. The summed E-state index contributed by atoms with van der Waals surface area (Å²) in [7, 11) is 1.28. The molecule has 4 aliphatic rings. The molecule has 0 bridgehead atoms. The van der Waals surface area contributed by atoms with Gasteiger partial charge in [-0.2, -0.15) is 0 Å². The van der Waals surface area contributed by atoms with Gasteiger partial charge in [0, 0.05) is 13.0 Å². The third kappa shape index (κ3) is 7.81. The monoisotopic (exact) mass is 741 g/mol. The smallest absolute Gasteiger partial charge is 0.410 e. The number of hydrogen-bond donors (Lipinski definition) is 3. The number of nitrogens with zero attached hydrogens (tertiary/aromatic N) is 4. The Morgan fingerprint density at radius 1 is 0.963 bits per heavy atom. The Balaban J connectivity index is 0.998. The summed E-state index contributed by atoms with van der Waals surface area (Å²) in [6, 6.07) is 15.4. The van der Waals surface area contributed by atoms with Crippen molar-refractivity contribution in [1.82, 2.24) is 30.4 Å². The molecule has 4 atom stereocenters. The zero-order chi connectivity index (χ0) is 38.2. The topological polar surface area (TPSA) is 160 Å². The maximum Gasteiger partial charge on any atom is 0.410 e. The van der Waals surface area contributed by atoms with Gasteiger partial charge in [-0.1, -0.05) is 62.4 Å². The van der Waals surface area contributed by atoms with Gasteiger partial charge in [-0.05, 0) is 61.8 Å². The molecular formula is C40H51N7O7. The zero-order valence-electron chi connectivity index (χ0n) is 31.9. The summed E-state index contributed by atoms with van der Waals surface area (Å²) in [6.07, 6.45) is 3.05. The predicted molar refractivity (Wildman–Crippen MR) is 201 cm³/mol. The summed E-state index contributed by atoms with van der Waals surface area (Å²) in [5, 5.41) is 6.29. The highest BCUT2D eigenvalue weighted by molar-refractivity contribution is 5.95. The maximum atomic E-state index is 13.9. The first kappa shape index (κ1) is 37.4. The Bertz CT molecular complexity index is 1860. The molecule has 7 rings (SSSR count). The lowest BCUT2D eigenvalue weighted by molar-refractivity contribution is -0.153. The SMILES string of the molecule is COC(=O)N[C@H](C(=O)N1CC2(C[C@H]1C1=NCC(c3ccc(-c4ccc(-c5cnc([C@@H]6CCCN6C(=O)OC(C)(C)C)[nH]5)cc4)cc3)N1)OCCO2)C(C)C. The van der Waals surface area contributed by atoms with Crippen molar-refractivity contribution in [1.29, 1.82) is 0 Å². The highest BCUT2D eigenvalue weighted by atomic mass is 16.7. The molecule has 1 aromatic heterocycles. The minimum atomic E-state index is -0.898. The molecular weight excluding hydrogens is 690 g/mol. The Morgan fingerprint density at radius 2 is 1.63 bits per heavy atom. The molecule has 3 saturated heterocycles. The molecule has 3 fully saturated rings. The van der Waals surface area contributed by atoms with Crippen LogP contribution in [0, 0.1) is 5.92 Å². The number of aromatic amines is 1. The van der Waals surface area contributed by atoms with Gasteiger partial charge in [-0.15, -0.1) is 0 Å². The number of alkyl carbamates (subject to hydrolysis) is 1. The van der Waals surface area contributed by atoms with Gasteiger partial charge in [-0.25, -0.2) is 14.6 Å². The van der Waals surface area contributed by atoms with E-state index in [1.807, 2.05) is 40.8 Å². The van der Waals surface area contributed by atoms with E-state index >= 15 is 0 Å². The van der Waals surface area contributed by atoms with Gasteiger partial charge < -0.3 is 39.5 Å². The first-order chi connectivity index (χ1) is 25.8. The number of likely N-dealkylation sites (tertiary alicyclic amines) is 2. The second-order valence-corrected chi connectivity index (χ2v) is 15.8. The van der Waals surface area contributed by atoms with Crippen molar-refractivity contribution in [2.24, 2.45) is 10.9 Å². The van der Waals surface area contributed by atoms with Gasteiger partial charge in [0.05, 0.1) is 63.4 Å². The van der Waals surface area contributed by atoms with Crippen LogP contribution in [-0.2, 0) is 23.7 Å². The fourth-order valence-electron chi connectivity index (χ4n) is 7.74. The molecule has 3 N–H and O–H groups in total. The van der Waals surface area contributed by atoms with Crippen LogP contribution in [0.3, 0.4) is 0 Å². The molecule has 1 spiro atoms. The number of H-pyrrole nitrogens is 1. The summed E-state index contributed by atoms with van der Waals surface area (Å²) in [5.41, 5.74) is 4.59. The van der Waals surface area contributed by atoms with Crippen LogP contribution >= 0.6 is 0 Å². The summed E-state index contributed by atoms with van der Waals surface area (Å²) in [5.74, 6) is 0.177. The average molecular weight is 742 g/mol. The third-order valence-electron chi connectivity index (χ3n) is 10.5. The summed E-state index contributed by atoms with van der Waals surface area (Å²) < 4.78 is 22.5. The van der Waals surface area contributed by atoms with E-state index in [-0.39, 0.29) is 36.5 Å². The van der Waals surface area contributed by atoms with E-state index in [0.29, 0.717) is 38.6 Å². The Kier molecular flexibility index (Phi) is 10.4. The lowest BCUT2D eigenvalue weighted by Gasteiger charge is -2.31. The lowest BCUT2D eigenvalue weighted by atomic mass is 9.99. The van der Waals surface area contributed by atoms with Crippen molar-refractivity contribution in [3.05, 3.63) is 66.1 Å². The second-order valence-electron chi connectivity index (χ2n) is 15.8. The number of carbonyl (C=O) groups excluding carboxylic acids is 3. The van der Waals surface area contributed by atoms with Crippen LogP contribution < -0.4 is 10.6 Å². The van der Waals surface area contributed by atoms with Crippen LogP contribution in [0.1, 0.15) is 77.4 Å². The lowest BCUT2D eigenvalue weighted by Crippen LogP contribution is -2.55. The van der Waals surface area contributed by atoms with Crippen LogP contribution in [0.2, 0.25) is 0 Å². The Morgan fingerprint density at radius 3 is 2.28 bits per heavy atom. The number of benzene rings is 2. The van der Waals surface area contributed by atoms with E-state index < -0.39 is 29.6 Å². The van der Waals surface area contributed by atoms with Gasteiger partial charge in [-0.3, -0.25) is 14.7 Å². The minimum Gasteiger partial charge on any atom is -0.453 e. The van der Waals surface area contributed by atoms with Crippen molar-refractivity contribution >= 4 is 23.9 Å². The molecule has 54 heavy (non-hydrogen) atoms. The number of amidine groups is 1. The number of amides is 3. The molecule has 5 heterocycles. The largest absolute Gasteiger partial charge is 0.453 e. The number of nitrogens with one attached hydrogen (secondary N) is 3. The number of methoxy groups -OCH3 is 1. The summed E-state index contributed by atoms with van der Waals surface area (Å²) in [4.78, 5) is 55.3. The quantitative estimate of drug-likeness (QED) is 0.268. The highest BCUT2D eigenvalue weighted by Gasteiger charge is 2.53. The van der Waals surface area contributed by atoms with Crippen molar-refractivity contribution in [3.8, 4) is 22.4 Å². The van der Waals surface area contributed by atoms with Gasteiger partial charge in [0.15, 0.2) is 5.79 Å². The third-order valence-corrected chi connectivity index (χ3v) is 10.5. The van der Waals surface area contributed by atoms with Crippen LogP contribution in [-0.4, -0.2) is 107 Å². The van der Waals surface area contributed by atoms with Gasteiger partial charge in [0.2, 0.25) is 5.91 Å². The van der Waals surface area contributed by atoms with E-state index in [4.69, 9.17) is 23.9 Å². The van der Waals surface area contributed by atoms with E-state index in [2.05, 4.69) is 69.1 Å². The molecule has 288 valence electrons. The zero-order valence-corrected chi connectivity index (χ0v) is 31.9. The molecule has 2 aromatic carbocycles. The van der Waals surface area contributed by atoms with Crippen LogP contribution in [0.25, 0.3) is 22.4 Å². The molecule has 3 aromatic rings. The van der Waals surface area contributed by atoms with Crippen molar-refractivity contribution < 1.29 is 33.3 Å². The molecule has 0 radical (unpaired) electrons. The molecule has 3 amide bonds. The van der Waals surface area contributed by atoms with E-state index in [0.717, 1.165) is 46.6 Å². The molecule has 4 aliphatic heterocycles. The van der Waals surface area contributed by atoms with Crippen LogP contribution in [0.15, 0.2) is 59.7 Å². The second kappa shape index (κ2) is 15.1. The number of carbonyl (C=O) groups is 3. The van der Waals surface area contributed by atoms with Crippen molar-refractivity contribution in [3.63, 3.8) is 0 Å². The predicted octanol–water partition coefficient (Wildman–Crippen LogP) is 5.58. The maximum absolute atomic E-state index is 13.9. The van der Waals surface area contributed by atoms with E-state index in [9.17, 15) is 14.4 Å². The van der Waals surface area contributed by atoms with Crippen molar-refractivity contribution in [2.45, 2.75) is 89.4 Å². The normalized spacial score (nSPS) is 22.7. The van der Waals surface area contributed by atoms with Gasteiger partial charge >= 0.3 is 12.2 Å². The first-order valence-electron chi connectivity index (χ1n) is 18.8. The average Bonchev–Trinajstić information content (AvgIpc) is 4.00. The molecule has 0 saturated carbocycles. The number of aliphatic imine (C=N–C) groups is 1. The van der Waals surface area contributed by atoms with Gasteiger partial charge in [0.1, 0.15) is 23.3 Å². The molecule has 14 heteroatoms. The van der Waals surface area contributed by atoms with Crippen molar-refractivity contribution in [2.75, 3.05) is 40.0 Å². The Hall–Kier alpha value is -4.95. The number of aromatic nitrogens is 2. The fraction of sp³-hybridized carbons (Fsp3) is 0.525. The van der Waals surface area contributed by atoms with E-state index in [1.165, 1.54) is 7.11 Å². The standard InChI is InChI=1S/C40H51N7O7/c1-24(2)33(45-37(49)51-6)36(48)47-23-40(52-18-19-53-40)20-32(47)35-42-22-30(44-35)28-15-11-26(12-16-28)25-9-13-27(14-10-25)29-21-41-34(43-29)31-8-7-17-46(31)38(50)54-39(3,4)5/h9-16,21,24,30-33H,7-8,17-20,22-23H2,1-6H3,(H,41,43)(H,42,44)(H,45,49)/t30?,31-,32-,33-/m0/s1. The molecule has 1 unspecified atom stereocenters. The number of imidazole rings is 1. The van der Waals surface area contributed by atoms with Gasteiger partial charge in [0.25, 0.3) is 0 Å². The van der Waals surface area contributed by atoms with Crippen LogP contribution in [0.4, 0.5) is 9.59 Å². The number of hydrogen-bond acceptors (Lipinski definition) is 10. The van der Waals surface area contributed by atoms with Crippen LogP contribution in [0.5, 0.6) is 0 Å². The number of rotatable bonds is 8. The minimum absolute atomic E-state index is 0.0647. The summed E-state index contributed by atoms with van der Waals surface area (Å²) >= 11 is 0. The first-order valence-corrected chi connectivity index (χ1v) is 18.8. The highest BCUT2D eigenvalue weighted by Crippen LogP contribution is 2.38. The summed E-state index contributed by atoms with van der Waals surface area (Å²) in [6.45, 7) is 11.7. The molecule has 14 nitrogen and oxygen atoms in total. The van der Waals surface area contributed by atoms with E-state index in [1.54, 1.807) is 9.80 Å². The number of ether oxygens (including phenoxy) is 4. The molecule has 0 aliphatic carbocycles. The Labute approximate surface area is 316 Å².